The van der Waals surface area contributed by atoms with Crippen molar-refractivity contribution < 1.29 is 9.47 Å². The van der Waals surface area contributed by atoms with E-state index in [0.717, 1.165) is 25.3 Å². The molecule has 0 fully saturated rings. The van der Waals surface area contributed by atoms with Crippen LogP contribution in [-0.4, -0.2) is 25.7 Å². The summed E-state index contributed by atoms with van der Waals surface area (Å²) in [7, 11) is 0. The maximum Gasteiger partial charge on any atom is 0.111 e. The molecule has 0 rings (SSSR count). The van der Waals surface area contributed by atoms with Gasteiger partial charge in [0, 0.05) is 12.5 Å². The first-order valence-corrected chi connectivity index (χ1v) is 5.31. The average molecular weight is 207 g/mol. The number of unbranched alkanes of at least 4 members (excludes halogenated alkanes) is 3. The second-order valence-electron chi connectivity index (χ2n) is 2.75. The molecule has 2 nitrogen and oxygen atoms in total. The molecule has 0 aliphatic heterocycles. The van der Waals surface area contributed by atoms with Crippen molar-refractivity contribution in [2.45, 2.75) is 25.7 Å². The fourth-order valence-electron chi connectivity index (χ4n) is 0.945. The Bertz CT molecular complexity index is 107. The zero-order valence-corrected chi connectivity index (χ0v) is 8.89. The van der Waals surface area contributed by atoms with Crippen LogP contribution in [0, 0.1) is 0 Å². The minimum absolute atomic E-state index is 0.602. The van der Waals surface area contributed by atoms with Gasteiger partial charge in [-0.25, -0.2) is 0 Å². The summed E-state index contributed by atoms with van der Waals surface area (Å²) < 4.78 is 10.2. The van der Waals surface area contributed by atoms with E-state index < -0.39 is 0 Å². The molecule has 0 bridgehead atoms. The highest BCUT2D eigenvalue weighted by molar-refractivity contribution is 6.17. The van der Waals surface area contributed by atoms with Gasteiger partial charge in [0.1, 0.15) is 6.61 Å². The third-order valence-electron chi connectivity index (χ3n) is 1.64. The topological polar surface area (TPSA) is 18.5 Å². The highest BCUT2D eigenvalue weighted by Crippen LogP contribution is 2.00. The van der Waals surface area contributed by atoms with Crippen LogP contribution in [0.25, 0.3) is 0 Å². The second-order valence-corrected chi connectivity index (χ2v) is 3.13. The molecule has 78 valence electrons. The van der Waals surface area contributed by atoms with Gasteiger partial charge >= 0.3 is 0 Å². The maximum absolute atomic E-state index is 5.54. The lowest BCUT2D eigenvalue weighted by atomic mass is 10.2. The highest BCUT2D eigenvalue weighted by Gasteiger charge is 1.90. The van der Waals surface area contributed by atoms with Crippen LogP contribution in [-0.2, 0) is 9.47 Å². The molecule has 0 saturated heterocycles. The summed E-state index contributed by atoms with van der Waals surface area (Å²) in [6, 6.07) is 0. The van der Waals surface area contributed by atoms with Crippen LogP contribution in [0.4, 0.5) is 0 Å². The lowest BCUT2D eigenvalue weighted by molar-refractivity contribution is 0.0827. The Morgan fingerprint density at radius 2 is 1.77 bits per heavy atom. The Kier molecular flexibility index (Phi) is 11.6. The molecule has 0 aromatic rings. The third-order valence-corrected chi connectivity index (χ3v) is 1.90. The molecule has 0 unspecified atom stereocenters. The van der Waals surface area contributed by atoms with Crippen molar-refractivity contribution in [3.05, 3.63) is 12.8 Å². The summed E-state index contributed by atoms with van der Waals surface area (Å²) in [4.78, 5) is 0. The van der Waals surface area contributed by atoms with Crippen LogP contribution >= 0.6 is 11.6 Å². The van der Waals surface area contributed by atoms with Gasteiger partial charge in [0.15, 0.2) is 0 Å². The molecule has 0 amide bonds. The van der Waals surface area contributed by atoms with E-state index in [9.17, 15) is 0 Å². The quantitative estimate of drug-likeness (QED) is 0.311. The van der Waals surface area contributed by atoms with Crippen LogP contribution < -0.4 is 0 Å². The monoisotopic (exact) mass is 206 g/mol. The first-order chi connectivity index (χ1) is 6.41. The van der Waals surface area contributed by atoms with Gasteiger partial charge in [-0.15, -0.1) is 11.6 Å². The van der Waals surface area contributed by atoms with Crippen LogP contribution in [0.2, 0.25) is 0 Å². The molecule has 0 aliphatic carbocycles. The first kappa shape index (κ1) is 12.8. The molecule has 13 heavy (non-hydrogen) atoms. The Morgan fingerprint density at radius 1 is 1.00 bits per heavy atom. The number of rotatable bonds is 10. The molecule has 0 radical (unpaired) electrons. The van der Waals surface area contributed by atoms with Crippen LogP contribution in [0.1, 0.15) is 25.7 Å². The predicted molar refractivity (Wildman–Crippen MR) is 56.2 cm³/mol. The number of alkyl halides is 1. The minimum Gasteiger partial charge on any atom is -0.499 e. The van der Waals surface area contributed by atoms with Crippen LogP contribution in [0.3, 0.4) is 0 Å². The molecule has 0 spiro atoms. The summed E-state index contributed by atoms with van der Waals surface area (Å²) in [6.45, 7) is 5.52. The summed E-state index contributed by atoms with van der Waals surface area (Å²) in [5, 5.41) is 0. The zero-order chi connectivity index (χ0) is 9.78. The van der Waals surface area contributed by atoms with Crippen molar-refractivity contribution >= 4 is 11.6 Å². The van der Waals surface area contributed by atoms with Gasteiger partial charge in [-0.3, -0.25) is 0 Å². The standard InChI is InChI=1S/C10H19ClO2/c1-2-12-9-10-13-8-6-4-3-5-7-11/h2H,1,3-10H2. The van der Waals surface area contributed by atoms with E-state index in [4.69, 9.17) is 21.1 Å². The maximum atomic E-state index is 5.54. The van der Waals surface area contributed by atoms with E-state index >= 15 is 0 Å². The van der Waals surface area contributed by atoms with Crippen molar-refractivity contribution in [1.29, 1.82) is 0 Å². The first-order valence-electron chi connectivity index (χ1n) is 4.78. The molecule has 0 aliphatic rings. The van der Waals surface area contributed by atoms with Gasteiger partial charge in [-0.1, -0.05) is 19.4 Å². The number of hydrogen-bond donors (Lipinski definition) is 0. The molecule has 0 N–H and O–H groups in total. The van der Waals surface area contributed by atoms with Crippen molar-refractivity contribution in [3.63, 3.8) is 0 Å². The Morgan fingerprint density at radius 3 is 2.46 bits per heavy atom. The Hall–Kier alpha value is -0.210. The molecule has 3 heteroatoms. The van der Waals surface area contributed by atoms with E-state index in [1.54, 1.807) is 0 Å². The van der Waals surface area contributed by atoms with Gasteiger partial charge in [0.05, 0.1) is 12.9 Å². The van der Waals surface area contributed by atoms with E-state index in [1.807, 2.05) is 0 Å². The molecule has 0 heterocycles. The predicted octanol–water partition coefficient (Wildman–Crippen LogP) is 2.96. The van der Waals surface area contributed by atoms with Crippen molar-refractivity contribution in [3.8, 4) is 0 Å². The molecule has 0 aromatic carbocycles. The second kappa shape index (κ2) is 11.8. The van der Waals surface area contributed by atoms with Crippen LogP contribution in [0.5, 0.6) is 0 Å². The third kappa shape index (κ3) is 11.8. The van der Waals surface area contributed by atoms with Crippen molar-refractivity contribution in [2.75, 3.05) is 25.7 Å². The van der Waals surface area contributed by atoms with Crippen molar-refractivity contribution in [1.82, 2.24) is 0 Å². The summed E-state index contributed by atoms with van der Waals surface area (Å²) in [5.41, 5.74) is 0. The SMILES string of the molecule is C=COCCOCCCCCCCl. The van der Waals surface area contributed by atoms with E-state index in [0.29, 0.717) is 13.2 Å². The van der Waals surface area contributed by atoms with E-state index in [1.165, 1.54) is 19.1 Å². The van der Waals surface area contributed by atoms with Crippen molar-refractivity contribution in [2.24, 2.45) is 0 Å². The normalized spacial score (nSPS) is 9.92. The molecular formula is C10H19ClO2. The van der Waals surface area contributed by atoms with Gasteiger partial charge < -0.3 is 9.47 Å². The molecule has 0 saturated carbocycles. The van der Waals surface area contributed by atoms with Gasteiger partial charge in [-0.2, -0.15) is 0 Å². The minimum atomic E-state index is 0.602. The number of hydrogen-bond acceptors (Lipinski definition) is 2. The van der Waals surface area contributed by atoms with Gasteiger partial charge in [0.25, 0.3) is 0 Å². The summed E-state index contributed by atoms with van der Waals surface area (Å²) in [6.07, 6.45) is 6.07. The Balaban J connectivity index is 2.79. The van der Waals surface area contributed by atoms with Gasteiger partial charge in [0.2, 0.25) is 0 Å². The number of halogens is 1. The average Bonchev–Trinajstić information content (AvgIpc) is 2.16. The molecule has 0 atom stereocenters. The van der Waals surface area contributed by atoms with Crippen LogP contribution in [0.15, 0.2) is 12.8 Å². The smallest absolute Gasteiger partial charge is 0.111 e. The summed E-state index contributed by atoms with van der Waals surface area (Å²) >= 11 is 5.54. The van der Waals surface area contributed by atoms with E-state index in [2.05, 4.69) is 6.58 Å². The lowest BCUT2D eigenvalue weighted by Crippen LogP contribution is -2.02. The Labute approximate surface area is 85.9 Å². The molecule has 0 aromatic heterocycles. The highest BCUT2D eigenvalue weighted by atomic mass is 35.5. The fraction of sp³-hybridized carbons (Fsp3) is 0.800. The zero-order valence-electron chi connectivity index (χ0n) is 8.14. The fourth-order valence-corrected chi connectivity index (χ4v) is 1.13. The largest absolute Gasteiger partial charge is 0.499 e. The number of ether oxygens (including phenoxy) is 2. The summed E-state index contributed by atoms with van der Waals surface area (Å²) in [5.74, 6) is 0.772. The van der Waals surface area contributed by atoms with E-state index in [-0.39, 0.29) is 0 Å². The lowest BCUT2D eigenvalue weighted by Gasteiger charge is -2.03. The molecular weight excluding hydrogens is 188 g/mol. The van der Waals surface area contributed by atoms with Gasteiger partial charge in [-0.05, 0) is 12.8 Å².